The van der Waals surface area contributed by atoms with E-state index in [1.54, 1.807) is 12.2 Å². The van der Waals surface area contributed by atoms with E-state index in [1.165, 1.54) is 6.08 Å². The summed E-state index contributed by atoms with van der Waals surface area (Å²) in [6.07, 6.45) is 5.06. The second-order valence-electron chi connectivity index (χ2n) is 4.12. The van der Waals surface area contributed by atoms with Crippen molar-refractivity contribution in [3.63, 3.8) is 0 Å². The van der Waals surface area contributed by atoms with Crippen LogP contribution < -0.4 is 0 Å². The van der Waals surface area contributed by atoms with E-state index in [4.69, 9.17) is 9.47 Å². The summed E-state index contributed by atoms with van der Waals surface area (Å²) in [5.41, 5.74) is 1.71. The Morgan fingerprint density at radius 1 is 1.17 bits per heavy atom. The van der Waals surface area contributed by atoms with Gasteiger partial charge in [-0.1, -0.05) is 30.3 Å². The average molecular weight is 240 g/mol. The quantitative estimate of drug-likeness (QED) is 0.814. The van der Waals surface area contributed by atoms with Gasteiger partial charge in [0.15, 0.2) is 5.78 Å². The number of allylic oxidation sites excluding steroid dienone is 3. The van der Waals surface area contributed by atoms with Gasteiger partial charge in [0.2, 0.25) is 0 Å². The first-order valence-electron chi connectivity index (χ1n) is 5.81. The lowest BCUT2D eigenvalue weighted by molar-refractivity contribution is -0.111. The molecule has 1 aromatic rings. The van der Waals surface area contributed by atoms with Crippen molar-refractivity contribution in [2.75, 3.05) is 6.61 Å². The Bertz CT molecular complexity index is 565. The van der Waals surface area contributed by atoms with E-state index in [2.05, 4.69) is 0 Å². The molecule has 0 fully saturated rings. The Morgan fingerprint density at radius 2 is 2.00 bits per heavy atom. The van der Waals surface area contributed by atoms with Crippen LogP contribution in [-0.2, 0) is 20.9 Å². The van der Waals surface area contributed by atoms with Crippen LogP contribution >= 0.6 is 0 Å². The SMILES string of the molecule is O=C1C=C(OCc2ccccc2)C=C2OCC=C12. The van der Waals surface area contributed by atoms with E-state index >= 15 is 0 Å². The summed E-state index contributed by atoms with van der Waals surface area (Å²) in [4.78, 5) is 11.8. The molecule has 0 saturated heterocycles. The van der Waals surface area contributed by atoms with Crippen LogP contribution in [0.2, 0.25) is 0 Å². The van der Waals surface area contributed by atoms with Crippen molar-refractivity contribution in [3.8, 4) is 0 Å². The zero-order valence-corrected chi connectivity index (χ0v) is 9.76. The first-order valence-corrected chi connectivity index (χ1v) is 5.81. The highest BCUT2D eigenvalue weighted by molar-refractivity contribution is 6.09. The van der Waals surface area contributed by atoms with Crippen LogP contribution in [0.1, 0.15) is 5.56 Å². The van der Waals surface area contributed by atoms with Crippen LogP contribution in [0.25, 0.3) is 0 Å². The third kappa shape index (κ3) is 2.07. The van der Waals surface area contributed by atoms with Crippen LogP contribution in [0.15, 0.2) is 65.7 Å². The zero-order valence-electron chi connectivity index (χ0n) is 9.76. The fraction of sp³-hybridized carbons (Fsp3) is 0.133. The summed E-state index contributed by atoms with van der Waals surface area (Å²) >= 11 is 0. The molecule has 0 bridgehead atoms. The molecule has 0 N–H and O–H groups in total. The number of hydrogen-bond acceptors (Lipinski definition) is 3. The Balaban J connectivity index is 1.71. The van der Waals surface area contributed by atoms with Gasteiger partial charge in [0, 0.05) is 12.2 Å². The molecule has 0 atom stereocenters. The molecule has 2 aliphatic rings. The molecule has 1 heterocycles. The zero-order chi connectivity index (χ0) is 12.4. The molecule has 3 heteroatoms. The van der Waals surface area contributed by atoms with Crippen molar-refractivity contribution in [1.82, 2.24) is 0 Å². The van der Waals surface area contributed by atoms with E-state index in [1.807, 2.05) is 30.3 Å². The van der Waals surface area contributed by atoms with Gasteiger partial charge in [0.25, 0.3) is 0 Å². The minimum absolute atomic E-state index is 0.0481. The number of benzene rings is 1. The summed E-state index contributed by atoms with van der Waals surface area (Å²) in [5, 5.41) is 0. The summed E-state index contributed by atoms with van der Waals surface area (Å²) in [5.74, 6) is 1.12. The lowest BCUT2D eigenvalue weighted by atomic mass is 10.0. The molecular formula is C15H12O3. The molecule has 0 unspecified atom stereocenters. The monoisotopic (exact) mass is 240 g/mol. The highest BCUT2D eigenvalue weighted by Crippen LogP contribution is 2.26. The van der Waals surface area contributed by atoms with Gasteiger partial charge in [-0.2, -0.15) is 0 Å². The second kappa shape index (κ2) is 4.53. The van der Waals surface area contributed by atoms with Gasteiger partial charge in [0.1, 0.15) is 24.7 Å². The van der Waals surface area contributed by atoms with E-state index in [-0.39, 0.29) is 5.78 Å². The van der Waals surface area contributed by atoms with Crippen LogP contribution in [-0.4, -0.2) is 12.4 Å². The van der Waals surface area contributed by atoms with Gasteiger partial charge >= 0.3 is 0 Å². The number of hydrogen-bond donors (Lipinski definition) is 0. The van der Waals surface area contributed by atoms with Crippen LogP contribution in [0, 0.1) is 0 Å². The fourth-order valence-corrected chi connectivity index (χ4v) is 1.94. The van der Waals surface area contributed by atoms with Crippen molar-refractivity contribution >= 4 is 5.78 Å². The number of fused-ring (bicyclic) bond motifs is 1. The molecule has 0 amide bonds. The maximum atomic E-state index is 11.8. The lowest BCUT2D eigenvalue weighted by Crippen LogP contribution is -2.07. The van der Waals surface area contributed by atoms with Gasteiger partial charge in [-0.15, -0.1) is 0 Å². The van der Waals surface area contributed by atoms with Crippen molar-refractivity contribution in [2.45, 2.75) is 6.61 Å². The predicted octanol–water partition coefficient (Wildman–Crippen LogP) is 2.51. The number of ether oxygens (including phenoxy) is 2. The minimum atomic E-state index is -0.0481. The van der Waals surface area contributed by atoms with Crippen LogP contribution in [0.5, 0.6) is 0 Å². The Kier molecular flexibility index (Phi) is 2.73. The fourth-order valence-electron chi connectivity index (χ4n) is 1.94. The molecule has 1 aliphatic heterocycles. The molecular weight excluding hydrogens is 228 g/mol. The maximum absolute atomic E-state index is 11.8. The van der Waals surface area contributed by atoms with Gasteiger partial charge in [-0.05, 0) is 11.6 Å². The number of rotatable bonds is 3. The number of ketones is 1. The van der Waals surface area contributed by atoms with Crippen molar-refractivity contribution < 1.29 is 14.3 Å². The molecule has 90 valence electrons. The lowest BCUT2D eigenvalue weighted by Gasteiger charge is -2.13. The van der Waals surface area contributed by atoms with E-state index in [0.29, 0.717) is 30.3 Å². The van der Waals surface area contributed by atoms with Crippen LogP contribution in [0.4, 0.5) is 0 Å². The number of carbonyl (C=O) groups excluding carboxylic acids is 1. The second-order valence-corrected chi connectivity index (χ2v) is 4.12. The van der Waals surface area contributed by atoms with Gasteiger partial charge < -0.3 is 9.47 Å². The molecule has 1 aliphatic carbocycles. The first-order chi connectivity index (χ1) is 8.83. The van der Waals surface area contributed by atoms with Crippen molar-refractivity contribution in [1.29, 1.82) is 0 Å². The van der Waals surface area contributed by atoms with Gasteiger partial charge in [0.05, 0.1) is 5.57 Å². The Morgan fingerprint density at radius 3 is 2.83 bits per heavy atom. The van der Waals surface area contributed by atoms with Gasteiger partial charge in [-0.3, -0.25) is 4.79 Å². The summed E-state index contributed by atoms with van der Waals surface area (Å²) < 4.78 is 10.9. The highest BCUT2D eigenvalue weighted by Gasteiger charge is 2.24. The normalized spacial score (nSPS) is 17.3. The Hall–Kier alpha value is -2.29. The topological polar surface area (TPSA) is 35.5 Å². The van der Waals surface area contributed by atoms with Crippen molar-refractivity contribution in [2.24, 2.45) is 0 Å². The molecule has 0 radical (unpaired) electrons. The van der Waals surface area contributed by atoms with Gasteiger partial charge in [-0.25, -0.2) is 0 Å². The standard InChI is InChI=1S/C15H12O3/c16-14-8-12(9-15-13(14)6-7-17-15)18-10-11-4-2-1-3-5-11/h1-6,8-9H,7,10H2. The van der Waals surface area contributed by atoms with Crippen LogP contribution in [0.3, 0.4) is 0 Å². The average Bonchev–Trinajstić information content (AvgIpc) is 2.86. The van der Waals surface area contributed by atoms with E-state index < -0.39 is 0 Å². The summed E-state index contributed by atoms with van der Waals surface area (Å²) in [6, 6.07) is 9.83. The summed E-state index contributed by atoms with van der Waals surface area (Å²) in [7, 11) is 0. The largest absolute Gasteiger partial charge is 0.489 e. The maximum Gasteiger partial charge on any atom is 0.193 e. The predicted molar refractivity (Wildman–Crippen MR) is 66.4 cm³/mol. The van der Waals surface area contributed by atoms with Crippen molar-refractivity contribution in [3.05, 3.63) is 71.2 Å². The minimum Gasteiger partial charge on any atom is -0.489 e. The smallest absolute Gasteiger partial charge is 0.193 e. The molecule has 18 heavy (non-hydrogen) atoms. The third-order valence-electron chi connectivity index (χ3n) is 2.85. The highest BCUT2D eigenvalue weighted by atomic mass is 16.5. The molecule has 0 aromatic heterocycles. The molecule has 3 rings (SSSR count). The molecule has 0 spiro atoms. The molecule has 3 nitrogen and oxygen atoms in total. The molecule has 0 saturated carbocycles. The first kappa shape index (κ1) is 10.8. The third-order valence-corrected chi connectivity index (χ3v) is 2.85. The number of carbonyl (C=O) groups is 1. The molecule has 1 aromatic carbocycles. The Labute approximate surface area is 105 Å². The van der Waals surface area contributed by atoms with E-state index in [0.717, 1.165) is 5.56 Å². The summed E-state index contributed by atoms with van der Waals surface area (Å²) in [6.45, 7) is 0.912. The van der Waals surface area contributed by atoms with E-state index in [9.17, 15) is 4.79 Å².